The first-order valence-corrected chi connectivity index (χ1v) is 8.62. The summed E-state index contributed by atoms with van der Waals surface area (Å²) in [6.45, 7) is -0.719. The predicted molar refractivity (Wildman–Crippen MR) is 89.1 cm³/mol. The lowest BCUT2D eigenvalue weighted by Crippen LogP contribution is -2.33. The van der Waals surface area contributed by atoms with Crippen LogP contribution in [0, 0.1) is 23.3 Å². The quantitative estimate of drug-likeness (QED) is 0.446. The van der Waals surface area contributed by atoms with Crippen LogP contribution in [0.2, 0.25) is 0 Å². The minimum Gasteiger partial charge on any atom is -0.291 e. The molecule has 1 aromatic heterocycles. The Morgan fingerprint density at radius 3 is 2.38 bits per heavy atom. The molecule has 0 fully saturated rings. The molecule has 0 N–H and O–H groups in total. The largest absolute Gasteiger partial charge is 0.291 e. The zero-order valence-corrected chi connectivity index (χ0v) is 14.4. The van der Waals surface area contributed by atoms with Crippen molar-refractivity contribution in [3.05, 3.63) is 58.3 Å². The standard InChI is InChI=1S/C18H15ClF4N2O/c19-8-16(26)25(9-11-17(22)12(20)7-13(21)18(11)23)15-6-5-10-3-1-2-4-14(10)24-15/h5-7H,1-4,8-9H2. The van der Waals surface area contributed by atoms with Gasteiger partial charge in [0.1, 0.15) is 11.7 Å². The van der Waals surface area contributed by atoms with E-state index in [9.17, 15) is 22.4 Å². The third kappa shape index (κ3) is 3.53. The Hall–Kier alpha value is -2.15. The van der Waals surface area contributed by atoms with Crippen LogP contribution in [-0.2, 0) is 24.2 Å². The fourth-order valence-electron chi connectivity index (χ4n) is 3.01. The lowest BCUT2D eigenvalue weighted by molar-refractivity contribution is -0.116. The van der Waals surface area contributed by atoms with Gasteiger partial charge in [-0.25, -0.2) is 22.5 Å². The minimum atomic E-state index is -1.55. The molecule has 3 rings (SSSR count). The van der Waals surface area contributed by atoms with Crippen molar-refractivity contribution in [1.82, 2.24) is 4.98 Å². The summed E-state index contributed by atoms with van der Waals surface area (Å²) in [5, 5.41) is 0. The number of carbonyl (C=O) groups is 1. The molecule has 0 spiro atoms. The summed E-state index contributed by atoms with van der Waals surface area (Å²) in [4.78, 5) is 17.5. The number of alkyl halides is 1. The highest BCUT2D eigenvalue weighted by molar-refractivity contribution is 6.29. The number of hydrogen-bond acceptors (Lipinski definition) is 2. The van der Waals surface area contributed by atoms with Gasteiger partial charge in [0, 0.05) is 17.3 Å². The lowest BCUT2D eigenvalue weighted by atomic mass is 9.96. The van der Waals surface area contributed by atoms with Crippen LogP contribution < -0.4 is 4.90 Å². The monoisotopic (exact) mass is 386 g/mol. The van der Waals surface area contributed by atoms with Crippen molar-refractivity contribution in [2.75, 3.05) is 10.8 Å². The van der Waals surface area contributed by atoms with Gasteiger partial charge in [-0.05, 0) is 37.3 Å². The van der Waals surface area contributed by atoms with E-state index in [2.05, 4.69) is 4.98 Å². The topological polar surface area (TPSA) is 33.2 Å². The van der Waals surface area contributed by atoms with Crippen LogP contribution in [0.4, 0.5) is 23.4 Å². The van der Waals surface area contributed by atoms with Crippen LogP contribution in [0.1, 0.15) is 29.7 Å². The van der Waals surface area contributed by atoms with Gasteiger partial charge >= 0.3 is 0 Å². The van der Waals surface area contributed by atoms with Gasteiger partial charge < -0.3 is 0 Å². The Kier molecular flexibility index (Phi) is 5.46. The van der Waals surface area contributed by atoms with E-state index in [0.29, 0.717) is 0 Å². The number of rotatable bonds is 4. The Labute approximate surface area is 152 Å². The molecule has 2 aromatic rings. The average molecular weight is 387 g/mol. The van der Waals surface area contributed by atoms with E-state index in [1.54, 1.807) is 12.1 Å². The molecule has 1 aliphatic rings. The van der Waals surface area contributed by atoms with Crippen LogP contribution in [-0.4, -0.2) is 16.8 Å². The maximum absolute atomic E-state index is 14.0. The number of halogens is 5. The van der Waals surface area contributed by atoms with Crippen LogP contribution >= 0.6 is 11.6 Å². The highest BCUT2D eigenvalue weighted by Crippen LogP contribution is 2.26. The molecule has 0 atom stereocenters. The number of fused-ring (bicyclic) bond motifs is 1. The summed E-state index contributed by atoms with van der Waals surface area (Å²) in [6, 6.07) is 3.46. The molecule has 8 heteroatoms. The number of benzene rings is 1. The first kappa shape index (κ1) is 18.6. The van der Waals surface area contributed by atoms with Crippen molar-refractivity contribution in [3.63, 3.8) is 0 Å². The minimum absolute atomic E-state index is 0.124. The third-order valence-corrected chi connectivity index (χ3v) is 4.60. The van der Waals surface area contributed by atoms with Crippen LogP contribution in [0.25, 0.3) is 0 Å². The average Bonchev–Trinajstić information content (AvgIpc) is 2.65. The summed E-state index contributed by atoms with van der Waals surface area (Å²) >= 11 is 5.59. The summed E-state index contributed by atoms with van der Waals surface area (Å²) in [7, 11) is 0. The Balaban J connectivity index is 2.02. The van der Waals surface area contributed by atoms with Gasteiger partial charge in [-0.1, -0.05) is 6.07 Å². The lowest BCUT2D eigenvalue weighted by Gasteiger charge is -2.24. The van der Waals surface area contributed by atoms with Gasteiger partial charge in [-0.2, -0.15) is 0 Å². The summed E-state index contributed by atoms with van der Waals surface area (Å²) < 4.78 is 54.9. The van der Waals surface area contributed by atoms with E-state index in [0.717, 1.165) is 41.8 Å². The molecule has 1 heterocycles. The van der Waals surface area contributed by atoms with Crippen molar-refractivity contribution in [1.29, 1.82) is 0 Å². The third-order valence-electron chi connectivity index (χ3n) is 4.37. The second-order valence-electron chi connectivity index (χ2n) is 6.04. The maximum atomic E-state index is 14.0. The van der Waals surface area contributed by atoms with E-state index < -0.39 is 47.2 Å². The number of anilines is 1. The number of pyridine rings is 1. The van der Waals surface area contributed by atoms with E-state index in [1.807, 2.05) is 0 Å². The van der Waals surface area contributed by atoms with Gasteiger partial charge in [-0.15, -0.1) is 11.6 Å². The molecule has 0 saturated carbocycles. The van der Waals surface area contributed by atoms with Crippen LogP contribution in [0.5, 0.6) is 0 Å². The van der Waals surface area contributed by atoms with Gasteiger partial charge in [0.05, 0.1) is 6.54 Å². The predicted octanol–water partition coefficient (Wildman–Crippen LogP) is 4.29. The molecule has 0 aliphatic heterocycles. The Morgan fingerprint density at radius 1 is 1.08 bits per heavy atom. The summed E-state index contributed by atoms with van der Waals surface area (Å²) in [6.07, 6.45) is 3.58. The second kappa shape index (κ2) is 7.61. The molecule has 26 heavy (non-hydrogen) atoms. The number of hydrogen-bond donors (Lipinski definition) is 0. The van der Waals surface area contributed by atoms with Gasteiger partial charge in [-0.3, -0.25) is 9.69 Å². The van der Waals surface area contributed by atoms with E-state index in [1.165, 1.54) is 0 Å². The zero-order valence-electron chi connectivity index (χ0n) is 13.7. The number of aromatic nitrogens is 1. The van der Waals surface area contributed by atoms with Crippen molar-refractivity contribution in [2.24, 2.45) is 0 Å². The smallest absolute Gasteiger partial charge is 0.243 e. The van der Waals surface area contributed by atoms with Gasteiger partial charge in [0.15, 0.2) is 23.3 Å². The number of aryl methyl sites for hydroxylation is 2. The molecule has 138 valence electrons. The zero-order chi connectivity index (χ0) is 18.8. The first-order chi connectivity index (χ1) is 12.4. The highest BCUT2D eigenvalue weighted by Gasteiger charge is 2.25. The fourth-order valence-corrected chi connectivity index (χ4v) is 3.15. The van der Waals surface area contributed by atoms with E-state index in [-0.39, 0.29) is 11.9 Å². The molecule has 3 nitrogen and oxygen atoms in total. The van der Waals surface area contributed by atoms with Crippen molar-refractivity contribution >= 4 is 23.3 Å². The second-order valence-corrected chi connectivity index (χ2v) is 6.31. The molecule has 0 bridgehead atoms. The van der Waals surface area contributed by atoms with Gasteiger partial charge in [0.2, 0.25) is 5.91 Å². The molecule has 1 aliphatic carbocycles. The summed E-state index contributed by atoms with van der Waals surface area (Å²) in [5.41, 5.74) is 0.959. The molecular weight excluding hydrogens is 372 g/mol. The van der Waals surface area contributed by atoms with Crippen LogP contribution in [0.3, 0.4) is 0 Å². The number of carbonyl (C=O) groups excluding carboxylic acids is 1. The fraction of sp³-hybridized carbons (Fsp3) is 0.333. The normalized spacial score (nSPS) is 13.4. The van der Waals surface area contributed by atoms with E-state index in [4.69, 9.17) is 11.6 Å². The van der Waals surface area contributed by atoms with Crippen LogP contribution in [0.15, 0.2) is 18.2 Å². The molecule has 0 unspecified atom stereocenters. The molecule has 0 saturated heterocycles. The molecule has 1 aromatic carbocycles. The molecule has 1 amide bonds. The molecular formula is C18H15ClF4N2O. The molecule has 0 radical (unpaired) electrons. The number of nitrogens with zero attached hydrogens (tertiary/aromatic N) is 2. The highest BCUT2D eigenvalue weighted by atomic mass is 35.5. The van der Waals surface area contributed by atoms with Gasteiger partial charge in [0.25, 0.3) is 0 Å². The van der Waals surface area contributed by atoms with Crippen molar-refractivity contribution < 1.29 is 22.4 Å². The van der Waals surface area contributed by atoms with Crippen molar-refractivity contribution in [2.45, 2.75) is 32.2 Å². The summed E-state index contributed by atoms with van der Waals surface area (Å²) in [5.74, 6) is -7.17. The van der Waals surface area contributed by atoms with E-state index >= 15 is 0 Å². The van der Waals surface area contributed by atoms with Crippen molar-refractivity contribution in [3.8, 4) is 0 Å². The Bertz CT molecular complexity index is 833. The number of amides is 1. The first-order valence-electron chi connectivity index (χ1n) is 8.09. The SMILES string of the molecule is O=C(CCl)N(Cc1c(F)c(F)cc(F)c1F)c1ccc2c(n1)CCCC2. The maximum Gasteiger partial charge on any atom is 0.243 e. The Morgan fingerprint density at radius 2 is 1.73 bits per heavy atom.